The van der Waals surface area contributed by atoms with Crippen LogP contribution in [0.1, 0.15) is 21.5 Å². The highest BCUT2D eigenvalue weighted by Gasteiger charge is 2.12. The van der Waals surface area contributed by atoms with E-state index in [1.807, 2.05) is 12.1 Å². The topological polar surface area (TPSA) is 64.3 Å². The molecule has 0 heterocycles. The summed E-state index contributed by atoms with van der Waals surface area (Å²) >= 11 is 0. The number of hydrogen-bond acceptors (Lipinski definition) is 3. The molecular formula is C16H17FN2O2. The van der Waals surface area contributed by atoms with Crippen molar-refractivity contribution in [1.29, 1.82) is 0 Å². The number of benzene rings is 2. The fraction of sp³-hybridized carbons (Fsp3) is 0.188. The maximum atomic E-state index is 13.7. The van der Waals surface area contributed by atoms with Crippen LogP contribution < -0.4 is 11.1 Å². The van der Waals surface area contributed by atoms with E-state index in [0.29, 0.717) is 17.9 Å². The Balaban J connectivity index is 2.26. The fourth-order valence-corrected chi connectivity index (χ4v) is 1.95. The first-order valence-corrected chi connectivity index (χ1v) is 6.46. The summed E-state index contributed by atoms with van der Waals surface area (Å²) in [5.74, 6) is -0.908. The van der Waals surface area contributed by atoms with Crippen LogP contribution in [0.25, 0.3) is 0 Å². The molecule has 0 aliphatic carbocycles. The SMILES string of the molecule is COCc1ccccc1NC(=O)c1cc(N)c(C)c(F)c1. The van der Waals surface area contributed by atoms with Crippen molar-refractivity contribution in [3.63, 3.8) is 0 Å². The zero-order valence-electron chi connectivity index (χ0n) is 11.9. The van der Waals surface area contributed by atoms with Crippen molar-refractivity contribution in [1.82, 2.24) is 0 Å². The molecule has 2 aromatic carbocycles. The third-order valence-corrected chi connectivity index (χ3v) is 3.21. The van der Waals surface area contributed by atoms with E-state index in [9.17, 15) is 9.18 Å². The van der Waals surface area contributed by atoms with Crippen LogP contribution in [-0.4, -0.2) is 13.0 Å². The second kappa shape index (κ2) is 6.37. The number of anilines is 2. The number of carbonyl (C=O) groups is 1. The van der Waals surface area contributed by atoms with Gasteiger partial charge in [0.05, 0.1) is 6.61 Å². The number of nitrogen functional groups attached to an aromatic ring is 1. The number of nitrogens with one attached hydrogen (secondary N) is 1. The van der Waals surface area contributed by atoms with Gasteiger partial charge in [-0.15, -0.1) is 0 Å². The minimum Gasteiger partial charge on any atom is -0.398 e. The molecule has 2 aromatic rings. The van der Waals surface area contributed by atoms with E-state index in [0.717, 1.165) is 5.56 Å². The van der Waals surface area contributed by atoms with Gasteiger partial charge in [0.2, 0.25) is 0 Å². The van der Waals surface area contributed by atoms with Crippen molar-refractivity contribution >= 4 is 17.3 Å². The molecule has 21 heavy (non-hydrogen) atoms. The molecule has 0 fully saturated rings. The predicted molar refractivity (Wildman–Crippen MR) is 80.7 cm³/mol. The van der Waals surface area contributed by atoms with Gasteiger partial charge >= 0.3 is 0 Å². The number of hydrogen-bond donors (Lipinski definition) is 2. The van der Waals surface area contributed by atoms with E-state index in [4.69, 9.17) is 10.5 Å². The van der Waals surface area contributed by atoms with Gasteiger partial charge in [-0.1, -0.05) is 18.2 Å². The first-order chi connectivity index (χ1) is 10.0. The van der Waals surface area contributed by atoms with Crippen molar-refractivity contribution in [2.24, 2.45) is 0 Å². The van der Waals surface area contributed by atoms with Crippen molar-refractivity contribution in [2.75, 3.05) is 18.2 Å². The highest BCUT2D eigenvalue weighted by molar-refractivity contribution is 6.05. The molecule has 0 atom stereocenters. The van der Waals surface area contributed by atoms with Crippen LogP contribution in [0.2, 0.25) is 0 Å². The molecule has 1 amide bonds. The number of para-hydroxylation sites is 1. The Kier molecular flexibility index (Phi) is 4.55. The second-order valence-electron chi connectivity index (χ2n) is 4.72. The molecule has 0 saturated carbocycles. The van der Waals surface area contributed by atoms with Gasteiger partial charge in [0.25, 0.3) is 5.91 Å². The van der Waals surface area contributed by atoms with Crippen molar-refractivity contribution in [3.8, 4) is 0 Å². The first-order valence-electron chi connectivity index (χ1n) is 6.46. The summed E-state index contributed by atoms with van der Waals surface area (Å²) in [6.45, 7) is 1.95. The highest BCUT2D eigenvalue weighted by Crippen LogP contribution is 2.20. The second-order valence-corrected chi connectivity index (χ2v) is 4.72. The molecule has 0 aliphatic rings. The van der Waals surface area contributed by atoms with E-state index in [1.165, 1.54) is 12.1 Å². The van der Waals surface area contributed by atoms with Gasteiger partial charge in [0.15, 0.2) is 0 Å². The number of ether oxygens (including phenoxy) is 1. The number of nitrogens with two attached hydrogens (primary N) is 1. The molecular weight excluding hydrogens is 271 g/mol. The Hall–Kier alpha value is -2.40. The maximum absolute atomic E-state index is 13.7. The molecule has 0 bridgehead atoms. The predicted octanol–water partition coefficient (Wildman–Crippen LogP) is 3.12. The molecule has 0 radical (unpaired) electrons. The van der Waals surface area contributed by atoms with Crippen LogP contribution in [-0.2, 0) is 11.3 Å². The summed E-state index contributed by atoms with van der Waals surface area (Å²) < 4.78 is 18.7. The summed E-state index contributed by atoms with van der Waals surface area (Å²) in [7, 11) is 1.58. The van der Waals surface area contributed by atoms with Gasteiger partial charge in [-0.2, -0.15) is 0 Å². The van der Waals surface area contributed by atoms with E-state index in [2.05, 4.69) is 5.32 Å². The lowest BCUT2D eigenvalue weighted by atomic mass is 10.1. The van der Waals surface area contributed by atoms with Crippen LogP contribution >= 0.6 is 0 Å². The van der Waals surface area contributed by atoms with Crippen molar-refractivity contribution in [3.05, 3.63) is 58.9 Å². The Morgan fingerprint density at radius 3 is 2.71 bits per heavy atom. The monoisotopic (exact) mass is 288 g/mol. The summed E-state index contributed by atoms with van der Waals surface area (Å²) in [5.41, 5.74) is 7.94. The van der Waals surface area contributed by atoms with E-state index < -0.39 is 11.7 Å². The smallest absolute Gasteiger partial charge is 0.255 e. The van der Waals surface area contributed by atoms with Crippen molar-refractivity contribution < 1.29 is 13.9 Å². The number of rotatable bonds is 4. The maximum Gasteiger partial charge on any atom is 0.255 e. The molecule has 2 rings (SSSR count). The number of amides is 1. The van der Waals surface area contributed by atoms with E-state index in [-0.39, 0.29) is 11.3 Å². The lowest BCUT2D eigenvalue weighted by Gasteiger charge is -2.11. The van der Waals surface area contributed by atoms with Crippen LogP contribution in [0.3, 0.4) is 0 Å². The number of halogens is 1. The van der Waals surface area contributed by atoms with Crippen LogP contribution in [0.15, 0.2) is 36.4 Å². The summed E-state index contributed by atoms with van der Waals surface area (Å²) in [5, 5.41) is 2.74. The Labute approximate surface area is 122 Å². The van der Waals surface area contributed by atoms with Gasteiger partial charge in [0.1, 0.15) is 5.82 Å². The molecule has 4 nitrogen and oxygen atoms in total. The van der Waals surface area contributed by atoms with Crippen LogP contribution in [0, 0.1) is 12.7 Å². The van der Waals surface area contributed by atoms with Gasteiger partial charge in [-0.3, -0.25) is 4.79 Å². The van der Waals surface area contributed by atoms with Gasteiger partial charge in [-0.25, -0.2) is 4.39 Å². The molecule has 0 spiro atoms. The molecule has 0 unspecified atom stereocenters. The summed E-state index contributed by atoms with van der Waals surface area (Å²) in [4.78, 5) is 12.2. The lowest BCUT2D eigenvalue weighted by Crippen LogP contribution is -2.14. The average Bonchev–Trinajstić information content (AvgIpc) is 2.46. The first kappa shape index (κ1) is 15.0. The Morgan fingerprint density at radius 1 is 1.33 bits per heavy atom. The molecule has 3 N–H and O–H groups in total. The highest BCUT2D eigenvalue weighted by atomic mass is 19.1. The van der Waals surface area contributed by atoms with Crippen LogP contribution in [0.5, 0.6) is 0 Å². The largest absolute Gasteiger partial charge is 0.398 e. The standard InChI is InChI=1S/C16H17FN2O2/c1-10-13(17)7-12(8-14(10)18)16(20)19-15-6-4-3-5-11(15)9-21-2/h3-8H,9,18H2,1-2H3,(H,19,20). The van der Waals surface area contributed by atoms with Gasteiger partial charge in [0, 0.05) is 35.2 Å². The zero-order valence-corrected chi connectivity index (χ0v) is 11.9. The third-order valence-electron chi connectivity index (χ3n) is 3.21. The molecule has 0 aromatic heterocycles. The third kappa shape index (κ3) is 3.38. The quantitative estimate of drug-likeness (QED) is 0.850. The molecule has 5 heteroatoms. The Bertz CT molecular complexity index is 648. The Morgan fingerprint density at radius 2 is 2.05 bits per heavy atom. The summed E-state index contributed by atoms with van der Waals surface area (Å²) in [6, 6.07) is 9.92. The minimum atomic E-state index is -0.495. The number of methoxy groups -OCH3 is 1. The minimum absolute atomic E-state index is 0.183. The zero-order chi connectivity index (χ0) is 15.4. The lowest BCUT2D eigenvalue weighted by molar-refractivity contribution is 0.102. The van der Waals surface area contributed by atoms with E-state index in [1.54, 1.807) is 26.2 Å². The normalized spacial score (nSPS) is 10.4. The van der Waals surface area contributed by atoms with Gasteiger partial charge in [-0.05, 0) is 25.1 Å². The molecule has 0 aliphatic heterocycles. The van der Waals surface area contributed by atoms with Crippen molar-refractivity contribution in [2.45, 2.75) is 13.5 Å². The fourth-order valence-electron chi connectivity index (χ4n) is 1.95. The van der Waals surface area contributed by atoms with Gasteiger partial charge < -0.3 is 15.8 Å². The average molecular weight is 288 g/mol. The molecule has 110 valence electrons. The summed E-state index contributed by atoms with van der Waals surface area (Å²) in [6.07, 6.45) is 0. The molecule has 0 saturated heterocycles. The van der Waals surface area contributed by atoms with Crippen LogP contribution in [0.4, 0.5) is 15.8 Å². The number of carbonyl (C=O) groups excluding carboxylic acids is 1. The van der Waals surface area contributed by atoms with E-state index >= 15 is 0 Å².